The molecule has 0 heterocycles. The lowest BCUT2D eigenvalue weighted by molar-refractivity contribution is -0.0509. The van der Waals surface area contributed by atoms with Crippen LogP contribution in [0.2, 0.25) is 0 Å². The highest BCUT2D eigenvalue weighted by atomic mass is 19.3. The second kappa shape index (κ2) is 7.71. The fourth-order valence-electron chi connectivity index (χ4n) is 3.30. The molecule has 0 spiro atoms. The fourth-order valence-corrected chi connectivity index (χ4v) is 3.30. The number of nitrogens with two attached hydrogens (primary N) is 1. The maximum atomic E-state index is 12.5. The molecule has 2 N–H and O–H groups in total. The summed E-state index contributed by atoms with van der Waals surface area (Å²) in [6.07, 6.45) is 3.48. The fraction of sp³-hybridized carbons (Fsp3) is 0.625. The number of ether oxygens (including phenoxy) is 1. The third-order valence-corrected chi connectivity index (χ3v) is 4.36. The molecular formula is C16H24F2N2O. The average molecular weight is 298 g/mol. The molecule has 3 nitrogen and oxygen atoms in total. The molecule has 118 valence electrons. The molecule has 1 aliphatic rings. The summed E-state index contributed by atoms with van der Waals surface area (Å²) < 4.78 is 29.6. The van der Waals surface area contributed by atoms with Crippen molar-refractivity contribution < 1.29 is 13.5 Å². The minimum atomic E-state index is -2.79. The maximum absolute atomic E-state index is 12.5. The van der Waals surface area contributed by atoms with Gasteiger partial charge in [-0.05, 0) is 37.9 Å². The van der Waals surface area contributed by atoms with Gasteiger partial charge in [0.25, 0.3) is 0 Å². The molecule has 2 unspecified atom stereocenters. The van der Waals surface area contributed by atoms with Gasteiger partial charge in [-0.1, -0.05) is 31.5 Å². The number of rotatable bonds is 7. The normalized spacial score (nSPS) is 22.2. The van der Waals surface area contributed by atoms with Crippen LogP contribution in [0.4, 0.5) is 8.78 Å². The number of nitrogens with zero attached hydrogens (tertiary/aromatic N) is 1. The summed E-state index contributed by atoms with van der Waals surface area (Å²) in [7, 11) is 0. The molecule has 0 aliphatic heterocycles. The molecule has 0 saturated heterocycles. The zero-order valence-electron chi connectivity index (χ0n) is 12.5. The van der Waals surface area contributed by atoms with E-state index in [1.807, 2.05) is 12.1 Å². The Morgan fingerprint density at radius 3 is 2.76 bits per heavy atom. The highest BCUT2D eigenvalue weighted by Crippen LogP contribution is 2.31. The summed E-state index contributed by atoms with van der Waals surface area (Å²) >= 11 is 0. The van der Waals surface area contributed by atoms with Gasteiger partial charge < -0.3 is 10.5 Å². The largest absolute Gasteiger partial charge is 0.434 e. The zero-order chi connectivity index (χ0) is 15.2. The van der Waals surface area contributed by atoms with Crippen LogP contribution in [0, 0.1) is 5.92 Å². The standard InChI is InChI=1S/C16H24F2N2O/c1-2-20(14-8-5-7-12(14)10-19)11-13-6-3-4-9-15(13)21-16(17)18/h3-4,6,9,12,14,16H,2,5,7-8,10-11,19H2,1H3. The topological polar surface area (TPSA) is 38.5 Å². The lowest BCUT2D eigenvalue weighted by atomic mass is 10.0. The monoisotopic (exact) mass is 298 g/mol. The predicted octanol–water partition coefficient (Wildman–Crippen LogP) is 3.24. The summed E-state index contributed by atoms with van der Waals surface area (Å²) in [5.74, 6) is 0.779. The van der Waals surface area contributed by atoms with E-state index in [1.54, 1.807) is 12.1 Å². The number of para-hydroxylation sites is 1. The van der Waals surface area contributed by atoms with E-state index in [1.165, 1.54) is 6.42 Å². The third-order valence-electron chi connectivity index (χ3n) is 4.36. The Kier molecular flexibility index (Phi) is 5.94. The van der Waals surface area contributed by atoms with E-state index in [9.17, 15) is 8.78 Å². The number of hydrogen-bond donors (Lipinski definition) is 1. The molecule has 0 aromatic heterocycles. The second-order valence-electron chi connectivity index (χ2n) is 5.54. The van der Waals surface area contributed by atoms with E-state index in [0.29, 0.717) is 25.0 Å². The Balaban J connectivity index is 2.11. The van der Waals surface area contributed by atoms with Gasteiger partial charge in [-0.2, -0.15) is 8.78 Å². The first-order chi connectivity index (χ1) is 10.2. The SMILES string of the molecule is CCN(Cc1ccccc1OC(F)F)C1CCCC1CN. The van der Waals surface area contributed by atoms with E-state index >= 15 is 0 Å². The Hall–Kier alpha value is -1.20. The molecule has 1 saturated carbocycles. The van der Waals surface area contributed by atoms with E-state index in [-0.39, 0.29) is 5.75 Å². The zero-order valence-corrected chi connectivity index (χ0v) is 12.5. The van der Waals surface area contributed by atoms with Gasteiger partial charge in [0, 0.05) is 18.2 Å². The molecule has 1 aromatic rings. The summed E-state index contributed by atoms with van der Waals surface area (Å²) in [6.45, 7) is 1.51. The summed E-state index contributed by atoms with van der Waals surface area (Å²) in [5, 5.41) is 0. The molecule has 2 rings (SSSR count). The number of benzene rings is 1. The molecule has 0 radical (unpaired) electrons. The minimum Gasteiger partial charge on any atom is -0.434 e. The van der Waals surface area contributed by atoms with Crippen LogP contribution in [0.25, 0.3) is 0 Å². The lowest BCUT2D eigenvalue weighted by Gasteiger charge is -2.32. The predicted molar refractivity (Wildman–Crippen MR) is 79.3 cm³/mol. The van der Waals surface area contributed by atoms with Crippen molar-refractivity contribution in [3.63, 3.8) is 0 Å². The number of halogens is 2. The Labute approximate surface area is 125 Å². The minimum absolute atomic E-state index is 0.272. The van der Waals surface area contributed by atoms with Gasteiger partial charge in [-0.15, -0.1) is 0 Å². The summed E-state index contributed by atoms with van der Waals surface area (Å²) in [6, 6.07) is 7.48. The van der Waals surface area contributed by atoms with Gasteiger partial charge in [0.05, 0.1) is 0 Å². The Morgan fingerprint density at radius 2 is 2.10 bits per heavy atom. The molecule has 1 aliphatic carbocycles. The van der Waals surface area contributed by atoms with E-state index in [0.717, 1.165) is 24.9 Å². The van der Waals surface area contributed by atoms with Crippen LogP contribution in [-0.4, -0.2) is 30.6 Å². The number of alkyl halides is 2. The first-order valence-corrected chi connectivity index (χ1v) is 7.62. The molecule has 1 aromatic carbocycles. The van der Waals surface area contributed by atoms with Crippen molar-refractivity contribution in [3.8, 4) is 5.75 Å². The van der Waals surface area contributed by atoms with Crippen molar-refractivity contribution in [3.05, 3.63) is 29.8 Å². The molecule has 21 heavy (non-hydrogen) atoms. The van der Waals surface area contributed by atoms with Crippen molar-refractivity contribution in [2.45, 2.75) is 45.4 Å². The van der Waals surface area contributed by atoms with Gasteiger partial charge in [0.2, 0.25) is 0 Å². The average Bonchev–Trinajstić information content (AvgIpc) is 2.94. The smallest absolute Gasteiger partial charge is 0.387 e. The first kappa shape index (κ1) is 16.2. The maximum Gasteiger partial charge on any atom is 0.387 e. The van der Waals surface area contributed by atoms with Crippen LogP contribution < -0.4 is 10.5 Å². The lowest BCUT2D eigenvalue weighted by Crippen LogP contribution is -2.39. The van der Waals surface area contributed by atoms with Gasteiger partial charge in [-0.3, -0.25) is 4.90 Å². The van der Waals surface area contributed by atoms with Crippen molar-refractivity contribution in [2.75, 3.05) is 13.1 Å². The Bertz CT molecular complexity index is 442. The molecule has 0 amide bonds. The van der Waals surface area contributed by atoms with E-state index in [4.69, 9.17) is 5.73 Å². The second-order valence-corrected chi connectivity index (χ2v) is 5.54. The highest BCUT2D eigenvalue weighted by Gasteiger charge is 2.30. The van der Waals surface area contributed by atoms with Crippen molar-refractivity contribution in [1.29, 1.82) is 0 Å². The molecule has 2 atom stereocenters. The van der Waals surface area contributed by atoms with Crippen molar-refractivity contribution >= 4 is 0 Å². The van der Waals surface area contributed by atoms with Crippen LogP contribution in [0.15, 0.2) is 24.3 Å². The molecule has 1 fully saturated rings. The Morgan fingerprint density at radius 1 is 1.33 bits per heavy atom. The van der Waals surface area contributed by atoms with Gasteiger partial charge in [-0.25, -0.2) is 0 Å². The highest BCUT2D eigenvalue weighted by molar-refractivity contribution is 5.33. The van der Waals surface area contributed by atoms with E-state index in [2.05, 4.69) is 16.6 Å². The van der Waals surface area contributed by atoms with E-state index < -0.39 is 6.61 Å². The van der Waals surface area contributed by atoms with Crippen molar-refractivity contribution in [2.24, 2.45) is 11.7 Å². The first-order valence-electron chi connectivity index (χ1n) is 7.62. The van der Waals surface area contributed by atoms with Crippen LogP contribution in [0.5, 0.6) is 5.75 Å². The van der Waals surface area contributed by atoms with Gasteiger partial charge >= 0.3 is 6.61 Å². The van der Waals surface area contributed by atoms with Gasteiger partial charge in [0.15, 0.2) is 0 Å². The van der Waals surface area contributed by atoms with Crippen LogP contribution in [-0.2, 0) is 6.54 Å². The number of hydrogen-bond acceptors (Lipinski definition) is 3. The molecular weight excluding hydrogens is 274 g/mol. The summed E-state index contributed by atoms with van der Waals surface area (Å²) in [5.41, 5.74) is 6.66. The summed E-state index contributed by atoms with van der Waals surface area (Å²) in [4.78, 5) is 2.33. The molecule has 0 bridgehead atoms. The third kappa shape index (κ3) is 4.14. The van der Waals surface area contributed by atoms with Crippen LogP contribution in [0.1, 0.15) is 31.7 Å². The van der Waals surface area contributed by atoms with Gasteiger partial charge in [0.1, 0.15) is 5.75 Å². The van der Waals surface area contributed by atoms with Crippen LogP contribution in [0.3, 0.4) is 0 Å². The quantitative estimate of drug-likeness (QED) is 0.840. The van der Waals surface area contributed by atoms with Crippen LogP contribution >= 0.6 is 0 Å². The molecule has 5 heteroatoms. The van der Waals surface area contributed by atoms with Crippen molar-refractivity contribution in [1.82, 2.24) is 4.90 Å².